The van der Waals surface area contributed by atoms with Gasteiger partial charge in [0, 0.05) is 6.54 Å². The predicted molar refractivity (Wildman–Crippen MR) is 81.2 cm³/mol. The van der Waals surface area contributed by atoms with Gasteiger partial charge in [-0.05, 0) is 53.7 Å². The number of nitrogens with zero attached hydrogens (tertiary/aromatic N) is 2. The van der Waals surface area contributed by atoms with Crippen molar-refractivity contribution in [1.29, 1.82) is 0 Å². The third-order valence-corrected chi connectivity index (χ3v) is 5.69. The molecule has 2 rings (SSSR count). The van der Waals surface area contributed by atoms with Gasteiger partial charge in [0.05, 0.1) is 11.9 Å². The van der Waals surface area contributed by atoms with Crippen LogP contribution in [0.3, 0.4) is 0 Å². The molecule has 1 aromatic heterocycles. The van der Waals surface area contributed by atoms with Crippen molar-refractivity contribution in [3.05, 3.63) is 22.4 Å². The Morgan fingerprint density at radius 2 is 2.24 bits per heavy atom. The van der Waals surface area contributed by atoms with E-state index in [-0.39, 0.29) is 6.54 Å². The van der Waals surface area contributed by atoms with E-state index in [1.807, 2.05) is 0 Å². The van der Waals surface area contributed by atoms with Crippen LogP contribution in [-0.4, -0.2) is 41.4 Å². The average Bonchev–Trinajstić information content (AvgIpc) is 2.42. The summed E-state index contributed by atoms with van der Waals surface area (Å²) in [7, 11) is -3.91. The Morgan fingerprint density at radius 1 is 1.52 bits per heavy atom. The number of hydrogen-bond donors (Lipinski definition) is 2. The van der Waals surface area contributed by atoms with E-state index >= 15 is 0 Å². The van der Waals surface area contributed by atoms with E-state index in [0.29, 0.717) is 29.6 Å². The molecule has 0 amide bonds. The largest absolute Gasteiger partial charge is 0.480 e. The van der Waals surface area contributed by atoms with Gasteiger partial charge >= 0.3 is 16.2 Å². The summed E-state index contributed by atoms with van der Waals surface area (Å²) in [6, 6.07) is 0.620. The number of rotatable bonds is 4. The molecule has 1 unspecified atom stereocenters. The lowest BCUT2D eigenvalue weighted by Gasteiger charge is -2.31. The second-order valence-electron chi connectivity index (χ2n) is 4.90. The summed E-state index contributed by atoms with van der Waals surface area (Å²) >= 11 is 3.24. The summed E-state index contributed by atoms with van der Waals surface area (Å²) in [4.78, 5) is 15.2. The first-order valence-electron chi connectivity index (χ1n) is 6.46. The fourth-order valence-corrected chi connectivity index (χ4v) is 3.90. The van der Waals surface area contributed by atoms with Crippen molar-refractivity contribution in [1.82, 2.24) is 9.29 Å². The Morgan fingerprint density at radius 3 is 2.86 bits per heavy atom. The highest BCUT2D eigenvalue weighted by molar-refractivity contribution is 9.10. The second-order valence-corrected chi connectivity index (χ2v) is 7.27. The van der Waals surface area contributed by atoms with Crippen molar-refractivity contribution < 1.29 is 18.3 Å². The van der Waals surface area contributed by atoms with Gasteiger partial charge in [0.15, 0.2) is 0 Å². The number of carbonyl (C=O) groups is 1. The highest BCUT2D eigenvalue weighted by Crippen LogP contribution is 2.23. The minimum atomic E-state index is -3.91. The lowest BCUT2D eigenvalue weighted by atomic mass is 10.1. The van der Waals surface area contributed by atoms with Crippen LogP contribution in [0.2, 0.25) is 0 Å². The van der Waals surface area contributed by atoms with Crippen molar-refractivity contribution in [2.45, 2.75) is 32.2 Å². The maximum atomic E-state index is 12.4. The molecule has 9 heteroatoms. The van der Waals surface area contributed by atoms with E-state index in [1.54, 1.807) is 13.0 Å². The topological polar surface area (TPSA) is 99.6 Å². The van der Waals surface area contributed by atoms with Gasteiger partial charge < -0.3 is 5.11 Å². The fourth-order valence-electron chi connectivity index (χ4n) is 2.26. The Labute approximate surface area is 131 Å². The third-order valence-electron chi connectivity index (χ3n) is 3.31. The van der Waals surface area contributed by atoms with Gasteiger partial charge in [0.1, 0.15) is 10.6 Å². The summed E-state index contributed by atoms with van der Waals surface area (Å²) in [5, 5.41) is 9.17. The molecule has 1 aromatic rings. The van der Waals surface area contributed by atoms with Crippen LogP contribution in [0.1, 0.15) is 24.8 Å². The van der Waals surface area contributed by atoms with Gasteiger partial charge in [0.25, 0.3) is 0 Å². The highest BCUT2D eigenvalue weighted by Gasteiger charge is 2.36. The first-order valence-corrected chi connectivity index (χ1v) is 8.69. The molecule has 0 spiro atoms. The van der Waals surface area contributed by atoms with Crippen molar-refractivity contribution in [3.63, 3.8) is 0 Å². The summed E-state index contributed by atoms with van der Waals surface area (Å²) in [6.07, 6.45) is 3.08. The molecule has 0 radical (unpaired) electrons. The normalized spacial score (nSPS) is 20.2. The van der Waals surface area contributed by atoms with Gasteiger partial charge in [-0.15, -0.1) is 0 Å². The average molecular weight is 378 g/mol. The number of carboxylic acids is 1. The zero-order valence-electron chi connectivity index (χ0n) is 11.4. The molecule has 1 aliphatic heterocycles. The van der Waals surface area contributed by atoms with E-state index in [1.165, 1.54) is 6.20 Å². The SMILES string of the molecule is Cc1cc(NS(=O)(=O)N2CCCCC2C(=O)O)cnc1Br. The number of piperidine rings is 1. The van der Waals surface area contributed by atoms with Crippen molar-refractivity contribution in [2.75, 3.05) is 11.3 Å². The number of nitrogens with one attached hydrogen (secondary N) is 1. The van der Waals surface area contributed by atoms with E-state index in [4.69, 9.17) is 5.11 Å². The number of halogens is 1. The number of anilines is 1. The zero-order valence-corrected chi connectivity index (χ0v) is 13.8. The third kappa shape index (κ3) is 3.72. The van der Waals surface area contributed by atoms with Crippen LogP contribution in [0, 0.1) is 6.92 Å². The van der Waals surface area contributed by atoms with Crippen molar-refractivity contribution in [3.8, 4) is 0 Å². The lowest BCUT2D eigenvalue weighted by molar-refractivity contribution is -0.142. The molecule has 0 bridgehead atoms. The van der Waals surface area contributed by atoms with Gasteiger partial charge in [0.2, 0.25) is 0 Å². The minimum Gasteiger partial charge on any atom is -0.480 e. The Balaban J connectivity index is 2.23. The van der Waals surface area contributed by atoms with Crippen LogP contribution in [0.15, 0.2) is 16.9 Å². The van der Waals surface area contributed by atoms with Gasteiger partial charge in [-0.25, -0.2) is 4.98 Å². The summed E-state index contributed by atoms with van der Waals surface area (Å²) in [5.41, 5.74) is 1.09. The van der Waals surface area contributed by atoms with Gasteiger partial charge in [-0.2, -0.15) is 12.7 Å². The van der Waals surface area contributed by atoms with E-state index in [0.717, 1.165) is 9.87 Å². The smallest absolute Gasteiger partial charge is 0.322 e. The maximum absolute atomic E-state index is 12.4. The molecule has 21 heavy (non-hydrogen) atoms. The molecule has 2 N–H and O–H groups in total. The summed E-state index contributed by atoms with van der Waals surface area (Å²) < 4.78 is 28.8. The molecular formula is C12H16BrN3O4S. The molecular weight excluding hydrogens is 362 g/mol. The summed E-state index contributed by atoms with van der Waals surface area (Å²) in [6.45, 7) is 1.99. The molecule has 2 heterocycles. The lowest BCUT2D eigenvalue weighted by Crippen LogP contribution is -2.49. The number of carboxylic acid groups (broad SMARTS) is 1. The molecule has 0 saturated carbocycles. The molecule has 1 atom stereocenters. The monoisotopic (exact) mass is 377 g/mol. The fraction of sp³-hybridized carbons (Fsp3) is 0.500. The number of aryl methyl sites for hydroxylation is 1. The standard InChI is InChI=1S/C12H16BrN3O4S/c1-8-6-9(7-14-11(8)13)15-21(19,20)16-5-3-2-4-10(16)12(17)18/h6-7,10,15H,2-5H2,1H3,(H,17,18). The van der Waals surface area contributed by atoms with E-state index in [9.17, 15) is 13.2 Å². The quantitative estimate of drug-likeness (QED) is 0.778. The van der Waals surface area contributed by atoms with Crippen LogP contribution < -0.4 is 4.72 Å². The summed E-state index contributed by atoms with van der Waals surface area (Å²) in [5.74, 6) is -1.12. The zero-order chi connectivity index (χ0) is 15.6. The number of hydrogen-bond acceptors (Lipinski definition) is 4. The van der Waals surface area contributed by atoms with Crippen LogP contribution in [0.5, 0.6) is 0 Å². The van der Waals surface area contributed by atoms with Gasteiger partial charge in [-0.3, -0.25) is 9.52 Å². The van der Waals surface area contributed by atoms with Crippen LogP contribution >= 0.6 is 15.9 Å². The van der Waals surface area contributed by atoms with E-state index in [2.05, 4.69) is 25.6 Å². The molecule has 0 aliphatic carbocycles. The Bertz CT molecular complexity index is 650. The first-order chi connectivity index (χ1) is 9.81. The van der Waals surface area contributed by atoms with E-state index < -0.39 is 22.2 Å². The Hall–Kier alpha value is -1.19. The van der Waals surface area contributed by atoms with Crippen LogP contribution in [-0.2, 0) is 15.0 Å². The molecule has 7 nitrogen and oxygen atoms in total. The molecule has 116 valence electrons. The minimum absolute atomic E-state index is 0.204. The van der Waals surface area contributed by atoms with Crippen LogP contribution in [0.25, 0.3) is 0 Å². The Kier molecular flexibility index (Phi) is 4.84. The molecule has 1 saturated heterocycles. The molecule has 1 aliphatic rings. The van der Waals surface area contributed by atoms with Crippen molar-refractivity contribution in [2.24, 2.45) is 0 Å². The maximum Gasteiger partial charge on any atom is 0.322 e. The van der Waals surface area contributed by atoms with Gasteiger partial charge in [-0.1, -0.05) is 0 Å². The highest BCUT2D eigenvalue weighted by atomic mass is 79.9. The number of aliphatic carboxylic acids is 1. The molecule has 1 fully saturated rings. The number of pyridine rings is 1. The number of aromatic nitrogens is 1. The first kappa shape index (κ1) is 16.2. The molecule has 0 aromatic carbocycles. The van der Waals surface area contributed by atoms with Crippen molar-refractivity contribution >= 4 is 37.8 Å². The second kappa shape index (κ2) is 6.29. The predicted octanol–water partition coefficient (Wildman–Crippen LogP) is 1.75. The van der Waals surface area contributed by atoms with Crippen LogP contribution in [0.4, 0.5) is 5.69 Å².